The van der Waals surface area contributed by atoms with Crippen LogP contribution >= 0.6 is 0 Å². The van der Waals surface area contributed by atoms with Crippen LogP contribution in [0.5, 0.6) is 17.2 Å². The summed E-state index contributed by atoms with van der Waals surface area (Å²) < 4.78 is 29.1. The Morgan fingerprint density at radius 3 is 2.29 bits per heavy atom. The molecule has 2 aromatic rings. The maximum Gasteiger partial charge on any atom is 0.253 e. The Balaban J connectivity index is 1.63. The van der Waals surface area contributed by atoms with Gasteiger partial charge < -0.3 is 24.4 Å². The number of rotatable bonds is 7. The molecule has 7 nitrogen and oxygen atoms in total. The average molecular weight is 430 g/mol. The zero-order chi connectivity index (χ0) is 22.4. The number of amides is 2. The molecule has 0 saturated carbocycles. The number of likely N-dealkylation sites (tertiary alicyclic amines) is 1. The summed E-state index contributed by atoms with van der Waals surface area (Å²) in [6, 6.07) is 9.02. The topological polar surface area (TPSA) is 77.1 Å². The Bertz CT molecular complexity index is 907. The number of carbonyl (C=O) groups excluding carboxylic acids is 2. The van der Waals surface area contributed by atoms with Gasteiger partial charge in [-0.15, -0.1) is 0 Å². The minimum Gasteiger partial charge on any atom is -0.493 e. The van der Waals surface area contributed by atoms with E-state index in [1.54, 1.807) is 17.0 Å². The molecule has 3 rings (SSSR count). The van der Waals surface area contributed by atoms with Gasteiger partial charge in [-0.1, -0.05) is 0 Å². The van der Waals surface area contributed by atoms with E-state index in [0.29, 0.717) is 42.3 Å². The molecule has 1 unspecified atom stereocenters. The summed E-state index contributed by atoms with van der Waals surface area (Å²) >= 11 is 0. The molecule has 2 amide bonds. The predicted molar refractivity (Wildman–Crippen MR) is 113 cm³/mol. The van der Waals surface area contributed by atoms with Gasteiger partial charge in [0.25, 0.3) is 5.91 Å². The van der Waals surface area contributed by atoms with Gasteiger partial charge in [-0.05, 0) is 54.8 Å². The first-order chi connectivity index (χ1) is 15.0. The highest BCUT2D eigenvalue weighted by Gasteiger charge is 2.29. The molecule has 1 fully saturated rings. The predicted octanol–water partition coefficient (Wildman–Crippen LogP) is 3.02. The van der Waals surface area contributed by atoms with Crippen LogP contribution in [0.4, 0.5) is 4.39 Å². The summed E-state index contributed by atoms with van der Waals surface area (Å²) in [6.45, 7) is 1.20. The van der Waals surface area contributed by atoms with Gasteiger partial charge in [-0.2, -0.15) is 0 Å². The van der Waals surface area contributed by atoms with Crippen molar-refractivity contribution in [3.8, 4) is 17.2 Å². The SMILES string of the molecule is COc1cc(CNC(=O)C2CCCN(C(=O)c3ccc(F)cc3)C2)cc(OC)c1OC. The summed E-state index contributed by atoms with van der Waals surface area (Å²) in [4.78, 5) is 27.1. The number of hydrogen-bond acceptors (Lipinski definition) is 5. The molecule has 1 heterocycles. The first-order valence-electron chi connectivity index (χ1n) is 10.1. The Morgan fingerprint density at radius 1 is 1.06 bits per heavy atom. The van der Waals surface area contributed by atoms with Crippen LogP contribution in [0.15, 0.2) is 36.4 Å². The minimum absolute atomic E-state index is 0.120. The highest BCUT2D eigenvalue weighted by atomic mass is 19.1. The Kier molecular flexibility index (Phi) is 7.33. The van der Waals surface area contributed by atoms with Gasteiger partial charge in [0.1, 0.15) is 5.82 Å². The molecule has 0 spiro atoms. The zero-order valence-electron chi connectivity index (χ0n) is 17.9. The molecule has 166 valence electrons. The lowest BCUT2D eigenvalue weighted by atomic mass is 9.96. The molecular weight excluding hydrogens is 403 g/mol. The van der Waals surface area contributed by atoms with Gasteiger partial charge >= 0.3 is 0 Å². The third kappa shape index (κ3) is 5.25. The Hall–Kier alpha value is -3.29. The lowest BCUT2D eigenvalue weighted by Crippen LogP contribution is -2.45. The van der Waals surface area contributed by atoms with Crippen LogP contribution in [0.25, 0.3) is 0 Å². The van der Waals surface area contributed by atoms with E-state index in [1.807, 2.05) is 0 Å². The Labute approximate surface area is 181 Å². The molecule has 0 radical (unpaired) electrons. The van der Waals surface area contributed by atoms with Crippen LogP contribution in [-0.2, 0) is 11.3 Å². The highest BCUT2D eigenvalue weighted by Crippen LogP contribution is 2.38. The van der Waals surface area contributed by atoms with E-state index in [2.05, 4.69) is 5.32 Å². The summed E-state index contributed by atoms with van der Waals surface area (Å²) in [5.41, 5.74) is 1.22. The number of nitrogens with zero attached hydrogens (tertiary/aromatic N) is 1. The molecule has 0 aromatic heterocycles. The van der Waals surface area contributed by atoms with Gasteiger partial charge in [0, 0.05) is 25.2 Å². The van der Waals surface area contributed by atoms with Crippen LogP contribution in [-0.4, -0.2) is 51.1 Å². The molecule has 1 atom stereocenters. The highest BCUT2D eigenvalue weighted by molar-refractivity contribution is 5.94. The molecule has 1 aliphatic rings. The van der Waals surface area contributed by atoms with Crippen molar-refractivity contribution < 1.29 is 28.2 Å². The summed E-state index contributed by atoms with van der Waals surface area (Å²) in [6.07, 6.45) is 1.43. The molecule has 1 N–H and O–H groups in total. The maximum absolute atomic E-state index is 13.1. The molecule has 0 bridgehead atoms. The van der Waals surface area contributed by atoms with Crippen molar-refractivity contribution in [2.24, 2.45) is 5.92 Å². The standard InChI is InChI=1S/C23H27FN2O5/c1-29-19-11-15(12-20(30-2)21(19)31-3)13-25-22(27)17-5-4-10-26(14-17)23(28)16-6-8-18(24)9-7-16/h6-9,11-12,17H,4-5,10,13-14H2,1-3H3,(H,25,27). The third-order valence-corrected chi connectivity index (χ3v) is 5.36. The summed E-state index contributed by atoms with van der Waals surface area (Å²) in [5, 5.41) is 2.94. The van der Waals surface area contributed by atoms with E-state index in [4.69, 9.17) is 14.2 Å². The number of benzene rings is 2. The molecule has 2 aromatic carbocycles. The first-order valence-corrected chi connectivity index (χ1v) is 10.1. The van der Waals surface area contributed by atoms with Crippen LogP contribution in [0.1, 0.15) is 28.8 Å². The second-order valence-corrected chi connectivity index (χ2v) is 7.35. The van der Waals surface area contributed by atoms with Crippen molar-refractivity contribution in [3.63, 3.8) is 0 Å². The number of ether oxygens (including phenoxy) is 3. The van der Waals surface area contributed by atoms with E-state index < -0.39 is 0 Å². The van der Waals surface area contributed by atoms with Crippen LogP contribution in [0, 0.1) is 11.7 Å². The first kappa shape index (κ1) is 22.4. The minimum atomic E-state index is -0.390. The number of hydrogen-bond donors (Lipinski definition) is 1. The fourth-order valence-electron chi connectivity index (χ4n) is 3.72. The number of methoxy groups -OCH3 is 3. The number of nitrogens with one attached hydrogen (secondary N) is 1. The monoisotopic (exact) mass is 430 g/mol. The normalized spacial score (nSPS) is 15.9. The third-order valence-electron chi connectivity index (χ3n) is 5.36. The summed E-state index contributed by atoms with van der Waals surface area (Å²) in [5.74, 6) is 0.508. The fraction of sp³-hybridized carbons (Fsp3) is 0.391. The van der Waals surface area contributed by atoms with Crippen molar-refractivity contribution in [1.82, 2.24) is 10.2 Å². The second kappa shape index (κ2) is 10.1. The van der Waals surface area contributed by atoms with E-state index in [9.17, 15) is 14.0 Å². The summed E-state index contributed by atoms with van der Waals surface area (Å²) in [7, 11) is 4.60. The van der Waals surface area contributed by atoms with Crippen molar-refractivity contribution in [2.75, 3.05) is 34.4 Å². The van der Waals surface area contributed by atoms with Gasteiger partial charge in [0.05, 0.1) is 27.2 Å². The van der Waals surface area contributed by atoms with Gasteiger partial charge in [-0.25, -0.2) is 4.39 Å². The van der Waals surface area contributed by atoms with E-state index in [0.717, 1.165) is 12.0 Å². The van der Waals surface area contributed by atoms with Crippen molar-refractivity contribution in [3.05, 3.63) is 53.3 Å². The Morgan fingerprint density at radius 2 is 1.71 bits per heavy atom. The van der Waals surface area contributed by atoms with Crippen molar-refractivity contribution in [1.29, 1.82) is 0 Å². The van der Waals surface area contributed by atoms with Crippen molar-refractivity contribution >= 4 is 11.8 Å². The zero-order valence-corrected chi connectivity index (χ0v) is 17.9. The second-order valence-electron chi connectivity index (χ2n) is 7.35. The number of halogens is 1. The molecular formula is C23H27FN2O5. The van der Waals surface area contributed by atoms with Crippen LogP contribution in [0.3, 0.4) is 0 Å². The van der Waals surface area contributed by atoms with E-state index in [-0.39, 0.29) is 30.1 Å². The smallest absolute Gasteiger partial charge is 0.253 e. The van der Waals surface area contributed by atoms with Crippen LogP contribution < -0.4 is 19.5 Å². The van der Waals surface area contributed by atoms with E-state index in [1.165, 1.54) is 45.6 Å². The molecule has 31 heavy (non-hydrogen) atoms. The quantitative estimate of drug-likeness (QED) is 0.731. The van der Waals surface area contributed by atoms with Crippen LogP contribution in [0.2, 0.25) is 0 Å². The molecule has 8 heteroatoms. The lowest BCUT2D eigenvalue weighted by Gasteiger charge is -2.32. The largest absolute Gasteiger partial charge is 0.493 e. The lowest BCUT2D eigenvalue weighted by molar-refractivity contribution is -0.126. The number of piperidine rings is 1. The van der Waals surface area contributed by atoms with Gasteiger partial charge in [0.2, 0.25) is 11.7 Å². The fourth-order valence-corrected chi connectivity index (χ4v) is 3.72. The van der Waals surface area contributed by atoms with E-state index >= 15 is 0 Å². The molecule has 1 aliphatic heterocycles. The molecule has 0 aliphatic carbocycles. The molecule has 1 saturated heterocycles. The average Bonchev–Trinajstić information content (AvgIpc) is 2.81. The maximum atomic E-state index is 13.1. The van der Waals surface area contributed by atoms with Gasteiger partial charge in [0.15, 0.2) is 11.5 Å². The van der Waals surface area contributed by atoms with Crippen molar-refractivity contribution in [2.45, 2.75) is 19.4 Å². The van der Waals surface area contributed by atoms with Gasteiger partial charge in [-0.3, -0.25) is 9.59 Å². The number of carbonyl (C=O) groups is 2.